The summed E-state index contributed by atoms with van der Waals surface area (Å²) in [4.78, 5) is 30.0. The third-order valence-electron chi connectivity index (χ3n) is 5.65. The molecule has 2 N–H and O–H groups in total. The number of methoxy groups -OCH3 is 1. The van der Waals surface area contributed by atoms with Crippen LogP contribution in [0.25, 0.3) is 11.0 Å². The molecule has 4 rings (SSSR count). The monoisotopic (exact) mass is 464 g/mol. The van der Waals surface area contributed by atoms with Gasteiger partial charge in [-0.1, -0.05) is 17.7 Å². The van der Waals surface area contributed by atoms with Gasteiger partial charge in [-0.15, -0.1) is 12.4 Å². The topological polar surface area (TPSA) is 79.4 Å². The molecular formula is C22H26Cl2N4O3. The molecule has 3 aromatic rings. The van der Waals surface area contributed by atoms with Crippen LogP contribution in [0.15, 0.2) is 47.3 Å². The molecule has 0 radical (unpaired) electrons. The number of nitrogens with one attached hydrogen (secondary N) is 2. The van der Waals surface area contributed by atoms with Gasteiger partial charge in [0, 0.05) is 42.8 Å². The predicted molar refractivity (Wildman–Crippen MR) is 125 cm³/mol. The van der Waals surface area contributed by atoms with Crippen molar-refractivity contribution in [1.82, 2.24) is 19.8 Å². The zero-order chi connectivity index (χ0) is 21.1. The first-order valence-corrected chi connectivity index (χ1v) is 10.5. The van der Waals surface area contributed by atoms with Gasteiger partial charge in [0.1, 0.15) is 5.75 Å². The van der Waals surface area contributed by atoms with E-state index in [2.05, 4.69) is 15.2 Å². The number of halogens is 2. The lowest BCUT2D eigenvalue weighted by Gasteiger charge is -2.32. The lowest BCUT2D eigenvalue weighted by molar-refractivity contribution is 0.0944. The number of nitrogens with zero attached hydrogens (tertiary/aromatic N) is 2. The van der Waals surface area contributed by atoms with Crippen molar-refractivity contribution in [2.75, 3.05) is 33.3 Å². The predicted octanol–water partition coefficient (Wildman–Crippen LogP) is 3.48. The molecule has 0 aliphatic carbocycles. The van der Waals surface area contributed by atoms with E-state index in [1.165, 1.54) is 0 Å². The molecule has 0 atom stereocenters. The number of benzene rings is 2. The number of likely N-dealkylation sites (tertiary alicyclic amines) is 1. The van der Waals surface area contributed by atoms with Gasteiger partial charge in [0.15, 0.2) is 0 Å². The highest BCUT2D eigenvalue weighted by atomic mass is 35.5. The second-order valence-corrected chi connectivity index (χ2v) is 7.96. The molecule has 0 bridgehead atoms. The van der Waals surface area contributed by atoms with Crippen LogP contribution in [0.5, 0.6) is 5.75 Å². The Morgan fingerprint density at radius 3 is 2.74 bits per heavy atom. The van der Waals surface area contributed by atoms with Crippen molar-refractivity contribution in [2.24, 2.45) is 0 Å². The van der Waals surface area contributed by atoms with E-state index in [1.54, 1.807) is 31.4 Å². The molecule has 0 saturated carbocycles. The normalized spacial score (nSPS) is 14.9. The second-order valence-electron chi connectivity index (χ2n) is 7.52. The number of imidazole rings is 1. The molecular weight excluding hydrogens is 439 g/mol. The Hall–Kier alpha value is -2.48. The SMILES string of the molecule is COc1cccc(C(=O)NCCN2CCC(n3c(=O)[nH]c4cc(Cl)ccc43)CC2)c1.Cl. The van der Waals surface area contributed by atoms with Crippen molar-refractivity contribution < 1.29 is 9.53 Å². The summed E-state index contributed by atoms with van der Waals surface area (Å²) in [6.45, 7) is 3.12. The van der Waals surface area contributed by atoms with E-state index in [9.17, 15) is 9.59 Å². The van der Waals surface area contributed by atoms with Crippen molar-refractivity contribution in [1.29, 1.82) is 0 Å². The molecule has 1 aromatic heterocycles. The minimum atomic E-state index is -0.104. The van der Waals surface area contributed by atoms with E-state index in [0.717, 1.165) is 43.5 Å². The fraction of sp³-hybridized carbons (Fsp3) is 0.364. The standard InChI is InChI=1S/C22H25ClN4O3.ClH/c1-30-18-4-2-3-15(13-18)21(28)24-9-12-26-10-7-17(8-11-26)27-20-6-5-16(23)14-19(20)25-22(27)29;/h2-6,13-14,17H,7-12H2,1H3,(H,24,28)(H,25,29);1H. The van der Waals surface area contributed by atoms with Crippen LogP contribution in [-0.2, 0) is 0 Å². The van der Waals surface area contributed by atoms with E-state index < -0.39 is 0 Å². The van der Waals surface area contributed by atoms with E-state index in [4.69, 9.17) is 16.3 Å². The van der Waals surface area contributed by atoms with Gasteiger partial charge in [0.25, 0.3) is 5.91 Å². The number of carbonyl (C=O) groups excluding carboxylic acids is 1. The van der Waals surface area contributed by atoms with Gasteiger partial charge >= 0.3 is 5.69 Å². The minimum absolute atomic E-state index is 0. The zero-order valence-corrected chi connectivity index (χ0v) is 18.8. The average molecular weight is 465 g/mol. The Balaban J connectivity index is 0.00000272. The molecule has 2 heterocycles. The molecule has 1 aliphatic rings. The van der Waals surface area contributed by atoms with Crippen molar-refractivity contribution in [3.05, 3.63) is 63.5 Å². The van der Waals surface area contributed by atoms with E-state index >= 15 is 0 Å². The van der Waals surface area contributed by atoms with E-state index in [0.29, 0.717) is 22.9 Å². The Bertz CT molecular complexity index is 1100. The smallest absolute Gasteiger partial charge is 0.326 e. The molecule has 1 amide bonds. The summed E-state index contributed by atoms with van der Waals surface area (Å²) in [5, 5.41) is 3.58. The first-order chi connectivity index (χ1) is 14.5. The van der Waals surface area contributed by atoms with Crippen molar-refractivity contribution in [2.45, 2.75) is 18.9 Å². The largest absolute Gasteiger partial charge is 0.497 e. The summed E-state index contributed by atoms with van der Waals surface area (Å²) in [5.74, 6) is 0.562. The highest BCUT2D eigenvalue weighted by Gasteiger charge is 2.23. The van der Waals surface area contributed by atoms with Crippen LogP contribution in [0.1, 0.15) is 29.2 Å². The summed E-state index contributed by atoms with van der Waals surface area (Å²) < 4.78 is 7.02. The Kier molecular flexibility index (Phi) is 7.64. The number of piperidine rings is 1. The number of aromatic amines is 1. The van der Waals surface area contributed by atoms with Gasteiger partial charge in [0.2, 0.25) is 0 Å². The van der Waals surface area contributed by atoms with Crippen LogP contribution in [-0.4, -0.2) is 53.6 Å². The Morgan fingerprint density at radius 2 is 2.00 bits per heavy atom. The molecule has 0 spiro atoms. The van der Waals surface area contributed by atoms with Crippen LogP contribution in [0, 0.1) is 0 Å². The number of hydrogen-bond acceptors (Lipinski definition) is 4. The van der Waals surface area contributed by atoms with Crippen molar-refractivity contribution >= 4 is 40.9 Å². The zero-order valence-electron chi connectivity index (χ0n) is 17.3. The molecule has 0 unspecified atom stereocenters. The molecule has 9 heteroatoms. The first-order valence-electron chi connectivity index (χ1n) is 10.1. The fourth-order valence-corrected chi connectivity index (χ4v) is 4.23. The summed E-state index contributed by atoms with van der Waals surface area (Å²) >= 11 is 6.04. The number of aromatic nitrogens is 2. The molecule has 1 fully saturated rings. The van der Waals surface area contributed by atoms with Gasteiger partial charge in [0.05, 0.1) is 18.1 Å². The number of ether oxygens (including phenoxy) is 1. The molecule has 1 saturated heterocycles. The van der Waals surface area contributed by atoms with E-state index in [1.807, 2.05) is 22.8 Å². The summed E-state index contributed by atoms with van der Waals surface area (Å²) in [7, 11) is 1.58. The third-order valence-corrected chi connectivity index (χ3v) is 5.88. The van der Waals surface area contributed by atoms with Crippen LogP contribution in [0.3, 0.4) is 0 Å². The minimum Gasteiger partial charge on any atom is -0.497 e. The van der Waals surface area contributed by atoms with Gasteiger partial charge in [-0.25, -0.2) is 4.79 Å². The Morgan fingerprint density at radius 1 is 1.23 bits per heavy atom. The summed E-state index contributed by atoms with van der Waals surface area (Å²) in [6, 6.07) is 12.8. The summed E-state index contributed by atoms with van der Waals surface area (Å²) in [6.07, 6.45) is 1.78. The quantitative estimate of drug-likeness (QED) is 0.585. The van der Waals surface area contributed by atoms with Gasteiger partial charge in [-0.2, -0.15) is 0 Å². The third kappa shape index (κ3) is 5.23. The number of H-pyrrole nitrogens is 1. The van der Waals surface area contributed by atoms with E-state index in [-0.39, 0.29) is 30.0 Å². The molecule has 1 aliphatic heterocycles. The number of carbonyl (C=O) groups is 1. The molecule has 166 valence electrons. The fourth-order valence-electron chi connectivity index (χ4n) is 4.06. The van der Waals surface area contributed by atoms with Gasteiger partial charge in [-0.3, -0.25) is 9.36 Å². The number of amides is 1. The number of fused-ring (bicyclic) bond motifs is 1. The maximum atomic E-state index is 12.5. The molecule has 7 nitrogen and oxygen atoms in total. The van der Waals surface area contributed by atoms with Crippen molar-refractivity contribution in [3.63, 3.8) is 0 Å². The number of hydrogen-bond donors (Lipinski definition) is 2. The van der Waals surface area contributed by atoms with Gasteiger partial charge < -0.3 is 19.9 Å². The lowest BCUT2D eigenvalue weighted by Crippen LogP contribution is -2.41. The maximum Gasteiger partial charge on any atom is 0.326 e. The first kappa shape index (κ1) is 23.2. The van der Waals surface area contributed by atoms with Crippen LogP contribution < -0.4 is 15.7 Å². The number of rotatable bonds is 6. The van der Waals surface area contributed by atoms with Gasteiger partial charge in [-0.05, 0) is 49.2 Å². The second kappa shape index (κ2) is 10.2. The maximum absolute atomic E-state index is 12.5. The van der Waals surface area contributed by atoms with Crippen LogP contribution >= 0.6 is 24.0 Å². The molecule has 2 aromatic carbocycles. The van der Waals surface area contributed by atoms with Crippen molar-refractivity contribution in [3.8, 4) is 5.75 Å². The Labute approximate surface area is 191 Å². The lowest BCUT2D eigenvalue weighted by atomic mass is 10.0. The van der Waals surface area contributed by atoms with Crippen LogP contribution in [0.4, 0.5) is 0 Å². The highest BCUT2D eigenvalue weighted by molar-refractivity contribution is 6.31. The summed E-state index contributed by atoms with van der Waals surface area (Å²) in [5.41, 5.74) is 2.17. The highest BCUT2D eigenvalue weighted by Crippen LogP contribution is 2.26. The van der Waals surface area contributed by atoms with Crippen LogP contribution in [0.2, 0.25) is 5.02 Å². The molecule has 31 heavy (non-hydrogen) atoms. The average Bonchev–Trinajstić information content (AvgIpc) is 3.09.